The van der Waals surface area contributed by atoms with Gasteiger partial charge in [0.15, 0.2) is 0 Å². The summed E-state index contributed by atoms with van der Waals surface area (Å²) in [4.78, 5) is 9.47. The number of pyridine rings is 1. The normalized spacial score (nSPS) is 19.7. The fraction of sp³-hybridized carbons (Fsp3) is 0.433. The lowest BCUT2D eigenvalue weighted by atomic mass is 10.0. The average molecular weight is 533 g/mol. The van der Waals surface area contributed by atoms with Crippen molar-refractivity contribution >= 4 is 15.7 Å². The molecule has 3 aliphatic rings. The van der Waals surface area contributed by atoms with Gasteiger partial charge in [0.2, 0.25) is 15.9 Å². The van der Waals surface area contributed by atoms with Gasteiger partial charge in [-0.15, -0.1) is 0 Å². The van der Waals surface area contributed by atoms with Gasteiger partial charge in [-0.2, -0.15) is 4.31 Å². The van der Waals surface area contributed by atoms with Crippen molar-refractivity contribution in [3.63, 3.8) is 0 Å². The molecular weight excluding hydrogens is 496 g/mol. The highest BCUT2D eigenvalue weighted by Gasteiger charge is 2.30. The fourth-order valence-corrected chi connectivity index (χ4v) is 7.45. The van der Waals surface area contributed by atoms with Crippen LogP contribution in [0.1, 0.15) is 36.8 Å². The Labute approximate surface area is 226 Å². The van der Waals surface area contributed by atoms with E-state index in [9.17, 15) is 8.42 Å². The van der Waals surface area contributed by atoms with Gasteiger partial charge < -0.3 is 9.64 Å². The van der Waals surface area contributed by atoms with E-state index in [-0.39, 0.29) is 4.90 Å². The summed E-state index contributed by atoms with van der Waals surface area (Å²) in [6.07, 6.45) is 9.09. The Kier molecular flexibility index (Phi) is 7.37. The molecule has 7 nitrogen and oxygen atoms in total. The summed E-state index contributed by atoms with van der Waals surface area (Å²) < 4.78 is 33.9. The first-order chi connectivity index (χ1) is 18.6. The summed E-state index contributed by atoms with van der Waals surface area (Å²) in [6.45, 7) is 4.58. The zero-order chi connectivity index (χ0) is 26.0. The molecule has 0 atom stereocenters. The maximum atomic E-state index is 13.3. The molecule has 0 unspecified atom stereocenters. The molecule has 1 aliphatic carbocycles. The third-order valence-corrected chi connectivity index (χ3v) is 10.2. The number of fused-ring (bicyclic) bond motifs is 1. The van der Waals surface area contributed by atoms with Gasteiger partial charge in [-0.25, -0.2) is 13.4 Å². The topological polar surface area (TPSA) is 66.0 Å². The third kappa shape index (κ3) is 5.44. The molecule has 3 aromatic rings. The molecule has 1 saturated carbocycles. The van der Waals surface area contributed by atoms with Crippen molar-refractivity contribution < 1.29 is 13.2 Å². The number of sulfonamides is 1. The van der Waals surface area contributed by atoms with E-state index in [1.54, 1.807) is 16.4 Å². The van der Waals surface area contributed by atoms with E-state index in [0.29, 0.717) is 37.8 Å². The van der Waals surface area contributed by atoms with Crippen LogP contribution in [0.3, 0.4) is 0 Å². The van der Waals surface area contributed by atoms with Crippen molar-refractivity contribution in [2.24, 2.45) is 0 Å². The van der Waals surface area contributed by atoms with Gasteiger partial charge in [0.05, 0.1) is 6.20 Å². The summed E-state index contributed by atoms with van der Waals surface area (Å²) in [5.41, 5.74) is 4.14. The smallest absolute Gasteiger partial charge is 0.244 e. The van der Waals surface area contributed by atoms with Crippen molar-refractivity contribution in [1.82, 2.24) is 14.2 Å². The minimum atomic E-state index is -3.61. The Morgan fingerprint density at radius 3 is 2.24 bits per heavy atom. The van der Waals surface area contributed by atoms with E-state index >= 15 is 0 Å². The quantitative estimate of drug-likeness (QED) is 0.458. The van der Waals surface area contributed by atoms with Crippen molar-refractivity contribution in [2.45, 2.75) is 49.5 Å². The monoisotopic (exact) mass is 532 g/mol. The van der Waals surface area contributed by atoms with Crippen molar-refractivity contribution in [3.8, 4) is 11.6 Å². The standard InChI is InChI=1S/C30H36N4O3S/c35-38(36,29-12-13-30(31-23-29)37-28-8-2-1-3-9-28)34-20-18-33(19-21-34)27-11-10-24-14-16-32(17-15-25(24)22-27)26-6-4-5-7-26/h1-3,8-13,22-23,26H,4-7,14-21H2. The van der Waals surface area contributed by atoms with Gasteiger partial charge >= 0.3 is 0 Å². The molecule has 3 heterocycles. The Bertz CT molecular complexity index is 1330. The predicted molar refractivity (Wildman–Crippen MR) is 149 cm³/mol. The van der Waals surface area contributed by atoms with E-state index in [4.69, 9.17) is 4.74 Å². The molecule has 6 rings (SSSR count). The maximum Gasteiger partial charge on any atom is 0.244 e. The van der Waals surface area contributed by atoms with Crippen LogP contribution in [0.4, 0.5) is 5.69 Å². The van der Waals surface area contributed by atoms with Crippen LogP contribution in [0.2, 0.25) is 0 Å². The number of hydrogen-bond donors (Lipinski definition) is 0. The average Bonchev–Trinajstić information content (AvgIpc) is 3.41. The minimum absolute atomic E-state index is 0.197. The Balaban J connectivity index is 1.07. The molecular formula is C30H36N4O3S. The van der Waals surface area contributed by atoms with Gasteiger partial charge in [-0.1, -0.05) is 37.1 Å². The molecule has 0 N–H and O–H groups in total. The van der Waals surface area contributed by atoms with E-state index in [1.807, 2.05) is 30.3 Å². The van der Waals surface area contributed by atoms with Crippen molar-refractivity contribution in [1.29, 1.82) is 0 Å². The summed E-state index contributed by atoms with van der Waals surface area (Å²) in [5.74, 6) is 1.03. The summed E-state index contributed by atoms with van der Waals surface area (Å²) in [6, 6.07) is 20.2. The first-order valence-electron chi connectivity index (χ1n) is 13.9. The molecule has 2 aliphatic heterocycles. The summed E-state index contributed by atoms with van der Waals surface area (Å²) in [5, 5.41) is 0. The van der Waals surface area contributed by atoms with Crippen LogP contribution < -0.4 is 9.64 Å². The van der Waals surface area contributed by atoms with E-state index in [2.05, 4.69) is 33.0 Å². The molecule has 8 heteroatoms. The van der Waals surface area contributed by atoms with E-state index in [0.717, 1.165) is 25.4 Å². The number of ether oxygens (including phenoxy) is 1. The first-order valence-corrected chi connectivity index (χ1v) is 15.3. The number of piperazine rings is 1. The van der Waals surface area contributed by atoms with Gasteiger partial charge in [-0.3, -0.25) is 4.90 Å². The molecule has 2 aromatic carbocycles. The van der Waals surface area contributed by atoms with Crippen LogP contribution in [0.25, 0.3) is 0 Å². The Morgan fingerprint density at radius 1 is 0.789 bits per heavy atom. The number of hydrogen-bond acceptors (Lipinski definition) is 6. The molecule has 0 amide bonds. The zero-order valence-corrected chi connectivity index (χ0v) is 22.7. The SMILES string of the molecule is O=S(=O)(c1ccc(Oc2ccccc2)nc1)N1CCN(c2ccc3c(c2)CCN(C2CCCC2)CC3)CC1. The number of para-hydroxylation sites is 1. The molecule has 2 fully saturated rings. The highest BCUT2D eigenvalue weighted by Crippen LogP contribution is 2.29. The maximum absolute atomic E-state index is 13.3. The second-order valence-corrected chi connectivity index (χ2v) is 12.5. The van der Waals surface area contributed by atoms with Crippen LogP contribution >= 0.6 is 0 Å². The Morgan fingerprint density at radius 2 is 1.53 bits per heavy atom. The lowest BCUT2D eigenvalue weighted by Gasteiger charge is -2.35. The van der Waals surface area contributed by atoms with Crippen LogP contribution in [0.5, 0.6) is 11.6 Å². The number of aromatic nitrogens is 1. The van der Waals surface area contributed by atoms with Crippen LogP contribution in [-0.4, -0.2) is 67.9 Å². The molecule has 1 aromatic heterocycles. The van der Waals surface area contributed by atoms with Crippen LogP contribution in [0.15, 0.2) is 71.8 Å². The van der Waals surface area contributed by atoms with Gasteiger partial charge in [0, 0.05) is 57.1 Å². The fourth-order valence-electron chi connectivity index (χ4n) is 6.08. The molecule has 0 spiro atoms. The molecule has 0 radical (unpaired) electrons. The number of rotatable bonds is 6. The number of nitrogens with zero attached hydrogens (tertiary/aromatic N) is 4. The Hall–Kier alpha value is -2.94. The summed E-state index contributed by atoms with van der Waals surface area (Å²) >= 11 is 0. The van der Waals surface area contributed by atoms with E-state index in [1.165, 1.54) is 55.2 Å². The molecule has 38 heavy (non-hydrogen) atoms. The van der Waals surface area contributed by atoms with Crippen molar-refractivity contribution in [2.75, 3.05) is 44.2 Å². The van der Waals surface area contributed by atoms with Crippen LogP contribution in [0, 0.1) is 0 Å². The summed E-state index contributed by atoms with van der Waals surface area (Å²) in [7, 11) is -3.61. The molecule has 200 valence electrons. The first kappa shape index (κ1) is 25.3. The minimum Gasteiger partial charge on any atom is -0.439 e. The largest absolute Gasteiger partial charge is 0.439 e. The lowest BCUT2D eigenvalue weighted by molar-refractivity contribution is 0.208. The second-order valence-electron chi connectivity index (χ2n) is 10.6. The third-order valence-electron chi connectivity index (χ3n) is 8.28. The molecule has 1 saturated heterocycles. The highest BCUT2D eigenvalue weighted by molar-refractivity contribution is 7.89. The number of anilines is 1. The highest BCUT2D eigenvalue weighted by atomic mass is 32.2. The van der Waals surface area contributed by atoms with E-state index < -0.39 is 10.0 Å². The van der Waals surface area contributed by atoms with Gasteiger partial charge in [0.1, 0.15) is 10.6 Å². The van der Waals surface area contributed by atoms with Crippen molar-refractivity contribution in [3.05, 3.63) is 78.0 Å². The lowest BCUT2D eigenvalue weighted by Crippen LogP contribution is -2.48. The van der Waals surface area contributed by atoms with Crippen LogP contribution in [-0.2, 0) is 22.9 Å². The zero-order valence-electron chi connectivity index (χ0n) is 21.8. The van der Waals surface area contributed by atoms with Gasteiger partial charge in [0.25, 0.3) is 0 Å². The van der Waals surface area contributed by atoms with Gasteiger partial charge in [-0.05, 0) is 67.1 Å². The molecule has 0 bridgehead atoms. The second kappa shape index (κ2) is 11.0. The number of benzene rings is 2. The predicted octanol–water partition coefficient (Wildman–Crippen LogP) is 4.73.